The monoisotopic (exact) mass is 494 g/mol. The van der Waals surface area contributed by atoms with E-state index in [1.807, 2.05) is 89.3 Å². The summed E-state index contributed by atoms with van der Waals surface area (Å²) < 4.78 is 3.49. The fraction of sp³-hybridized carbons (Fsp3) is 0.148. The first-order valence-electron chi connectivity index (χ1n) is 11.7. The lowest BCUT2D eigenvalue weighted by Gasteiger charge is -2.12. The Morgan fingerprint density at radius 3 is 2.42 bits per heavy atom. The molecule has 0 N–H and O–H groups in total. The van der Waals surface area contributed by atoms with Crippen molar-refractivity contribution in [3.63, 3.8) is 0 Å². The average Bonchev–Trinajstić information content (AvgIpc) is 3.59. The van der Waals surface area contributed by atoms with Gasteiger partial charge in [-0.1, -0.05) is 84.6 Å². The summed E-state index contributed by atoms with van der Waals surface area (Å²) in [7, 11) is 0. The van der Waals surface area contributed by atoms with Crippen molar-refractivity contribution < 1.29 is 4.79 Å². The highest BCUT2D eigenvalue weighted by Crippen LogP contribution is 2.23. The highest BCUT2D eigenvalue weighted by molar-refractivity contribution is 7.99. The predicted molar refractivity (Wildman–Crippen MR) is 140 cm³/mol. The van der Waals surface area contributed by atoms with Crippen molar-refractivity contribution in [2.75, 3.05) is 12.3 Å². The van der Waals surface area contributed by atoms with Crippen molar-refractivity contribution in [3.05, 3.63) is 106 Å². The van der Waals surface area contributed by atoms with Crippen LogP contribution in [0, 0.1) is 0 Å². The van der Waals surface area contributed by atoms with E-state index in [0.29, 0.717) is 34.9 Å². The van der Waals surface area contributed by atoms with Crippen LogP contribution in [0.25, 0.3) is 16.7 Å². The molecule has 8 nitrogen and oxygen atoms in total. The quantitative estimate of drug-likeness (QED) is 0.335. The number of thioether (sulfide) groups is 1. The predicted octanol–water partition coefficient (Wildman–Crippen LogP) is 3.82. The van der Waals surface area contributed by atoms with Gasteiger partial charge in [0.2, 0.25) is 5.78 Å². The molecule has 0 saturated carbocycles. The largest absolute Gasteiger partial charge is 0.272 e. The van der Waals surface area contributed by atoms with Crippen LogP contribution in [0.2, 0.25) is 0 Å². The first-order valence-corrected chi connectivity index (χ1v) is 12.6. The smallest absolute Gasteiger partial charge is 0.263 e. The zero-order valence-electron chi connectivity index (χ0n) is 19.3. The number of nitrogens with zero attached hydrogens (tertiary/aromatic N) is 6. The Morgan fingerprint density at radius 1 is 0.889 bits per heavy atom. The van der Waals surface area contributed by atoms with Crippen LogP contribution in [0.15, 0.2) is 100.0 Å². The van der Waals surface area contributed by atoms with E-state index in [1.165, 1.54) is 16.8 Å². The number of fused-ring (bicyclic) bond motifs is 3. The second kappa shape index (κ2) is 9.43. The van der Waals surface area contributed by atoms with Gasteiger partial charge in [0.15, 0.2) is 5.16 Å². The number of carbonyl (C=O) groups excluding carboxylic acids is 1. The van der Waals surface area contributed by atoms with Gasteiger partial charge in [0, 0.05) is 6.42 Å². The average molecular weight is 495 g/mol. The van der Waals surface area contributed by atoms with Crippen molar-refractivity contribution in [1.29, 1.82) is 0 Å². The minimum atomic E-state index is -0.123. The van der Waals surface area contributed by atoms with Gasteiger partial charge < -0.3 is 0 Å². The first-order chi connectivity index (χ1) is 17.7. The van der Waals surface area contributed by atoms with Gasteiger partial charge in [-0.2, -0.15) is 5.10 Å². The van der Waals surface area contributed by atoms with Crippen LogP contribution in [-0.4, -0.2) is 48.1 Å². The summed E-state index contributed by atoms with van der Waals surface area (Å²) in [6.45, 7) is 0.935. The zero-order chi connectivity index (χ0) is 24.5. The molecule has 0 aliphatic carbocycles. The van der Waals surface area contributed by atoms with Crippen LogP contribution in [0.4, 0.5) is 0 Å². The van der Waals surface area contributed by atoms with Crippen molar-refractivity contribution >= 4 is 40.1 Å². The van der Waals surface area contributed by atoms with E-state index >= 15 is 0 Å². The second-order valence-electron chi connectivity index (χ2n) is 8.48. The fourth-order valence-corrected chi connectivity index (χ4v) is 5.22. The number of hydrogen-bond acceptors (Lipinski definition) is 6. The van der Waals surface area contributed by atoms with E-state index in [2.05, 4.69) is 15.3 Å². The molecular formula is C27H22N6O2S. The Bertz CT molecular complexity index is 1660. The Balaban J connectivity index is 1.31. The molecule has 3 aromatic carbocycles. The zero-order valence-corrected chi connectivity index (χ0v) is 20.1. The van der Waals surface area contributed by atoms with E-state index in [4.69, 9.17) is 0 Å². The molecule has 1 aliphatic rings. The standard InChI is InChI=1S/C27H22N6O2S/c34-24(32-16-15-22(30-32)20-11-5-2-6-12-20)18-36-27-29-28-26-31(17-19-9-3-1-4-10-19)25(35)21-13-7-8-14-23(21)33(26)27/h1-14H,15-18H2. The molecule has 36 heavy (non-hydrogen) atoms. The van der Waals surface area contributed by atoms with Crippen LogP contribution in [-0.2, 0) is 11.3 Å². The van der Waals surface area contributed by atoms with Gasteiger partial charge in [0.1, 0.15) is 0 Å². The summed E-state index contributed by atoms with van der Waals surface area (Å²) in [5.41, 5.74) is 3.53. The molecule has 1 amide bonds. The molecule has 3 heterocycles. The van der Waals surface area contributed by atoms with Crippen molar-refractivity contribution in [3.8, 4) is 0 Å². The maximum atomic E-state index is 13.3. The van der Waals surface area contributed by atoms with Gasteiger partial charge >= 0.3 is 0 Å². The van der Waals surface area contributed by atoms with Crippen LogP contribution >= 0.6 is 11.8 Å². The molecule has 0 radical (unpaired) electrons. The van der Waals surface area contributed by atoms with Gasteiger partial charge in [-0.3, -0.25) is 18.6 Å². The fourth-order valence-electron chi connectivity index (χ4n) is 4.41. The third-order valence-corrected chi connectivity index (χ3v) is 7.10. The summed E-state index contributed by atoms with van der Waals surface area (Å²) in [5.74, 6) is 0.519. The second-order valence-corrected chi connectivity index (χ2v) is 9.42. The van der Waals surface area contributed by atoms with Crippen LogP contribution < -0.4 is 5.56 Å². The lowest BCUT2D eigenvalue weighted by atomic mass is 10.1. The lowest BCUT2D eigenvalue weighted by Crippen LogP contribution is -2.25. The SMILES string of the molecule is O=C(CSc1nnc2n(Cc3ccccc3)c(=O)c3ccccc3n12)N1CCC(c2ccccc2)=N1. The Labute approximate surface area is 210 Å². The number of rotatable bonds is 6. The normalized spacial score (nSPS) is 13.4. The summed E-state index contributed by atoms with van der Waals surface area (Å²) in [4.78, 5) is 26.3. The van der Waals surface area contributed by atoms with Gasteiger partial charge in [0.25, 0.3) is 11.5 Å². The maximum absolute atomic E-state index is 13.3. The summed E-state index contributed by atoms with van der Waals surface area (Å²) >= 11 is 1.30. The number of aromatic nitrogens is 4. The van der Waals surface area contributed by atoms with Crippen molar-refractivity contribution in [2.24, 2.45) is 5.10 Å². The molecule has 178 valence electrons. The topological polar surface area (TPSA) is 84.9 Å². The van der Waals surface area contributed by atoms with E-state index in [9.17, 15) is 9.59 Å². The van der Waals surface area contributed by atoms with Gasteiger partial charge in [-0.05, 0) is 23.3 Å². The molecule has 2 aromatic heterocycles. The Kier molecular flexibility index (Phi) is 5.82. The summed E-state index contributed by atoms with van der Waals surface area (Å²) in [5, 5.41) is 15.9. The number of benzene rings is 3. The number of carbonyl (C=O) groups is 1. The Morgan fingerprint density at radius 2 is 1.61 bits per heavy atom. The molecule has 5 aromatic rings. The number of hydrazone groups is 1. The van der Waals surface area contributed by atoms with Crippen molar-refractivity contribution in [1.82, 2.24) is 24.2 Å². The third kappa shape index (κ3) is 4.07. The maximum Gasteiger partial charge on any atom is 0.263 e. The molecule has 0 spiro atoms. The highest BCUT2D eigenvalue weighted by atomic mass is 32.2. The molecule has 9 heteroatoms. The van der Waals surface area contributed by atoms with Crippen molar-refractivity contribution in [2.45, 2.75) is 18.1 Å². The molecule has 6 rings (SSSR count). The minimum Gasteiger partial charge on any atom is -0.272 e. The molecule has 0 unspecified atom stereocenters. The molecule has 1 aliphatic heterocycles. The Hall–Kier alpha value is -4.24. The van der Waals surface area contributed by atoms with Crippen LogP contribution in [0.1, 0.15) is 17.5 Å². The first kappa shape index (κ1) is 22.2. The van der Waals surface area contributed by atoms with E-state index in [0.717, 1.165) is 23.3 Å². The molecule has 0 fully saturated rings. The molecule has 0 bridgehead atoms. The molecular weight excluding hydrogens is 472 g/mol. The third-order valence-electron chi connectivity index (χ3n) is 6.18. The van der Waals surface area contributed by atoms with Crippen LogP contribution in [0.5, 0.6) is 0 Å². The highest BCUT2D eigenvalue weighted by Gasteiger charge is 2.23. The summed E-state index contributed by atoms with van der Waals surface area (Å²) in [6, 6.07) is 27.1. The molecule has 0 atom stereocenters. The van der Waals surface area contributed by atoms with Gasteiger partial charge in [-0.15, -0.1) is 10.2 Å². The van der Waals surface area contributed by atoms with E-state index < -0.39 is 0 Å². The molecule has 0 saturated heterocycles. The van der Waals surface area contributed by atoms with Gasteiger partial charge in [0.05, 0.1) is 35.5 Å². The number of para-hydroxylation sites is 1. The van der Waals surface area contributed by atoms with Crippen LogP contribution in [0.3, 0.4) is 0 Å². The number of hydrogen-bond donors (Lipinski definition) is 0. The van der Waals surface area contributed by atoms with E-state index in [1.54, 1.807) is 4.57 Å². The van der Waals surface area contributed by atoms with Gasteiger partial charge in [-0.25, -0.2) is 5.01 Å². The lowest BCUT2D eigenvalue weighted by molar-refractivity contribution is -0.127. The van der Waals surface area contributed by atoms with E-state index in [-0.39, 0.29) is 17.2 Å². The summed E-state index contributed by atoms with van der Waals surface area (Å²) in [6.07, 6.45) is 0.727. The minimum absolute atomic E-state index is 0.0930. The number of amides is 1.